The molecule has 0 spiro atoms. The summed E-state index contributed by atoms with van der Waals surface area (Å²) in [5.74, 6) is 0.588. The Morgan fingerprint density at radius 3 is 2.70 bits per heavy atom. The molecule has 2 N–H and O–H groups in total. The molecule has 1 fully saturated rings. The lowest BCUT2D eigenvalue weighted by Gasteiger charge is -2.28. The number of urea groups is 1. The lowest BCUT2D eigenvalue weighted by Crippen LogP contribution is -2.51. The lowest BCUT2D eigenvalue weighted by molar-refractivity contribution is -0.117. The maximum Gasteiger partial charge on any atom is 0.318 e. The highest BCUT2D eigenvalue weighted by Gasteiger charge is 2.22. The molecule has 1 atom stereocenters. The Balaban J connectivity index is 1.82. The number of carbonyl (C=O) groups is 2. The first-order chi connectivity index (χ1) is 9.56. The van der Waals surface area contributed by atoms with Crippen LogP contribution in [0.15, 0.2) is 10.6 Å². The van der Waals surface area contributed by atoms with Gasteiger partial charge in [-0.05, 0) is 13.8 Å². The SMILES string of the molecule is Cc1cc(NC(=O)[C@@H](C)NC(=O)N2CCOCC2)no1. The highest BCUT2D eigenvalue weighted by molar-refractivity contribution is 5.96. The van der Waals surface area contributed by atoms with Crippen molar-refractivity contribution in [2.45, 2.75) is 19.9 Å². The largest absolute Gasteiger partial charge is 0.378 e. The van der Waals surface area contributed by atoms with Gasteiger partial charge in [0.05, 0.1) is 13.2 Å². The van der Waals surface area contributed by atoms with Crippen molar-refractivity contribution in [3.05, 3.63) is 11.8 Å². The number of morpholine rings is 1. The topological polar surface area (TPSA) is 96.7 Å². The average molecular weight is 282 g/mol. The number of hydrogen-bond acceptors (Lipinski definition) is 5. The Hall–Kier alpha value is -2.09. The number of aromatic nitrogens is 1. The minimum Gasteiger partial charge on any atom is -0.378 e. The number of ether oxygens (including phenoxy) is 1. The minimum absolute atomic E-state index is 0.271. The third-order valence-corrected chi connectivity index (χ3v) is 2.91. The quantitative estimate of drug-likeness (QED) is 0.834. The molecule has 1 aliphatic rings. The zero-order valence-electron chi connectivity index (χ0n) is 11.5. The molecule has 110 valence electrons. The molecule has 0 bridgehead atoms. The van der Waals surface area contributed by atoms with Crippen molar-refractivity contribution >= 4 is 17.8 Å². The van der Waals surface area contributed by atoms with Gasteiger partial charge in [-0.25, -0.2) is 4.79 Å². The van der Waals surface area contributed by atoms with Crippen LogP contribution in [0.5, 0.6) is 0 Å². The van der Waals surface area contributed by atoms with Crippen LogP contribution in [0.25, 0.3) is 0 Å². The third kappa shape index (κ3) is 3.70. The Labute approximate surface area is 116 Å². The van der Waals surface area contributed by atoms with Crippen molar-refractivity contribution in [1.29, 1.82) is 0 Å². The van der Waals surface area contributed by atoms with Crippen LogP contribution in [0.1, 0.15) is 12.7 Å². The molecule has 8 nitrogen and oxygen atoms in total. The Morgan fingerprint density at radius 2 is 2.10 bits per heavy atom. The minimum atomic E-state index is -0.664. The first-order valence-electron chi connectivity index (χ1n) is 6.43. The molecular weight excluding hydrogens is 264 g/mol. The molecule has 2 rings (SSSR count). The standard InChI is InChI=1S/C12H18N4O4/c1-8-7-10(15-20-8)14-11(17)9(2)13-12(18)16-3-5-19-6-4-16/h7,9H,3-6H2,1-2H3,(H,13,18)(H,14,15,17)/t9-/m1/s1. The Kier molecular flexibility index (Phi) is 4.57. The van der Waals surface area contributed by atoms with Gasteiger partial charge in [0.15, 0.2) is 5.82 Å². The maximum absolute atomic E-state index is 11.9. The number of anilines is 1. The molecule has 0 aromatic carbocycles. The number of carbonyl (C=O) groups excluding carboxylic acids is 2. The molecule has 1 aromatic rings. The molecule has 0 radical (unpaired) electrons. The summed E-state index contributed by atoms with van der Waals surface area (Å²) in [6.07, 6.45) is 0. The highest BCUT2D eigenvalue weighted by Crippen LogP contribution is 2.07. The summed E-state index contributed by atoms with van der Waals surface area (Å²) in [6.45, 7) is 5.44. The van der Waals surface area contributed by atoms with Gasteiger partial charge in [0.25, 0.3) is 0 Å². The molecule has 0 unspecified atom stereocenters. The van der Waals surface area contributed by atoms with E-state index in [1.807, 2.05) is 0 Å². The van der Waals surface area contributed by atoms with E-state index in [2.05, 4.69) is 15.8 Å². The van der Waals surface area contributed by atoms with E-state index < -0.39 is 6.04 Å². The average Bonchev–Trinajstić information content (AvgIpc) is 2.85. The van der Waals surface area contributed by atoms with Crippen LogP contribution in [-0.4, -0.2) is 54.3 Å². The van der Waals surface area contributed by atoms with Crippen LogP contribution in [0.4, 0.5) is 10.6 Å². The molecule has 0 saturated carbocycles. The summed E-state index contributed by atoms with van der Waals surface area (Å²) in [5, 5.41) is 8.87. The predicted octanol–water partition coefficient (Wildman–Crippen LogP) is 0.352. The summed E-state index contributed by atoms with van der Waals surface area (Å²) in [6, 6.07) is 0.670. The molecule has 8 heteroatoms. The molecular formula is C12H18N4O4. The van der Waals surface area contributed by atoms with E-state index in [-0.39, 0.29) is 11.9 Å². The van der Waals surface area contributed by atoms with Crippen LogP contribution in [0.2, 0.25) is 0 Å². The van der Waals surface area contributed by atoms with E-state index in [9.17, 15) is 9.59 Å². The maximum atomic E-state index is 11.9. The van der Waals surface area contributed by atoms with Gasteiger partial charge in [-0.2, -0.15) is 0 Å². The summed E-state index contributed by atoms with van der Waals surface area (Å²) >= 11 is 0. The Morgan fingerprint density at radius 1 is 1.40 bits per heavy atom. The number of nitrogens with zero attached hydrogens (tertiary/aromatic N) is 2. The van der Waals surface area contributed by atoms with Crippen LogP contribution in [0.3, 0.4) is 0 Å². The van der Waals surface area contributed by atoms with Crippen molar-refractivity contribution in [2.24, 2.45) is 0 Å². The van der Waals surface area contributed by atoms with Crippen molar-refractivity contribution in [2.75, 3.05) is 31.6 Å². The van der Waals surface area contributed by atoms with Crippen LogP contribution < -0.4 is 10.6 Å². The molecule has 1 aromatic heterocycles. The molecule has 1 saturated heterocycles. The molecule has 20 heavy (non-hydrogen) atoms. The summed E-state index contributed by atoms with van der Waals surface area (Å²) < 4.78 is 10.0. The van der Waals surface area contributed by atoms with Gasteiger partial charge in [0, 0.05) is 19.2 Å². The summed E-state index contributed by atoms with van der Waals surface area (Å²) in [4.78, 5) is 25.4. The number of aryl methyl sites for hydroxylation is 1. The zero-order valence-corrected chi connectivity index (χ0v) is 11.5. The van der Waals surface area contributed by atoms with Gasteiger partial charge in [-0.3, -0.25) is 4.79 Å². The number of hydrogen-bond donors (Lipinski definition) is 2. The van der Waals surface area contributed by atoms with E-state index in [1.54, 1.807) is 24.8 Å². The fourth-order valence-electron chi connectivity index (χ4n) is 1.77. The zero-order chi connectivity index (χ0) is 14.5. The third-order valence-electron chi connectivity index (χ3n) is 2.91. The second-order valence-electron chi connectivity index (χ2n) is 4.58. The lowest BCUT2D eigenvalue weighted by atomic mass is 10.3. The van der Waals surface area contributed by atoms with Crippen molar-refractivity contribution < 1.29 is 18.8 Å². The summed E-state index contributed by atoms with van der Waals surface area (Å²) in [5.41, 5.74) is 0. The van der Waals surface area contributed by atoms with Crippen molar-refractivity contribution in [3.8, 4) is 0 Å². The van der Waals surface area contributed by atoms with Gasteiger partial charge in [0.1, 0.15) is 11.8 Å². The number of nitrogens with one attached hydrogen (secondary N) is 2. The fourth-order valence-corrected chi connectivity index (χ4v) is 1.77. The van der Waals surface area contributed by atoms with Crippen LogP contribution in [0, 0.1) is 6.92 Å². The second kappa shape index (κ2) is 6.38. The normalized spacial score (nSPS) is 16.6. The molecule has 1 aliphatic heterocycles. The van der Waals surface area contributed by atoms with E-state index in [1.165, 1.54) is 0 Å². The Bertz CT molecular complexity index is 482. The number of rotatable bonds is 3. The van der Waals surface area contributed by atoms with Gasteiger partial charge in [-0.15, -0.1) is 0 Å². The van der Waals surface area contributed by atoms with Crippen LogP contribution >= 0.6 is 0 Å². The molecule has 3 amide bonds. The first-order valence-corrected chi connectivity index (χ1v) is 6.43. The fraction of sp³-hybridized carbons (Fsp3) is 0.583. The monoisotopic (exact) mass is 282 g/mol. The van der Waals surface area contributed by atoms with Gasteiger partial charge < -0.3 is 24.8 Å². The van der Waals surface area contributed by atoms with Crippen LogP contribution in [-0.2, 0) is 9.53 Å². The van der Waals surface area contributed by atoms with Gasteiger partial charge in [0.2, 0.25) is 5.91 Å². The van der Waals surface area contributed by atoms with E-state index in [4.69, 9.17) is 9.26 Å². The van der Waals surface area contributed by atoms with Crippen molar-refractivity contribution in [3.63, 3.8) is 0 Å². The first kappa shape index (κ1) is 14.3. The van der Waals surface area contributed by atoms with E-state index >= 15 is 0 Å². The molecule has 0 aliphatic carbocycles. The van der Waals surface area contributed by atoms with Crippen molar-refractivity contribution in [1.82, 2.24) is 15.4 Å². The van der Waals surface area contributed by atoms with E-state index in [0.717, 1.165) is 0 Å². The van der Waals surface area contributed by atoms with Gasteiger partial charge in [-0.1, -0.05) is 5.16 Å². The van der Waals surface area contributed by atoms with E-state index in [0.29, 0.717) is 37.9 Å². The van der Waals surface area contributed by atoms with Gasteiger partial charge >= 0.3 is 6.03 Å². The highest BCUT2D eigenvalue weighted by atomic mass is 16.5. The second-order valence-corrected chi connectivity index (χ2v) is 4.58. The summed E-state index contributed by atoms with van der Waals surface area (Å²) in [7, 11) is 0. The number of amides is 3. The smallest absolute Gasteiger partial charge is 0.318 e. The predicted molar refractivity (Wildman–Crippen MR) is 70.3 cm³/mol. The molecule has 2 heterocycles.